The first kappa shape index (κ1) is 28.5. The standard InChI is InChI=1S/C37H29F3N2O3/c1-44-25-16-17-30-28(22-25)26-20-21-42(36(43)33(23-10-4-2-5-11-23)24-12-6-3-7-13-24)35(34(26)41-30)32-19-18-31(45-32)27-14-8-9-15-29(27)37(38,39)40/h2-19,22,33,35,41H,20-21H2,1H3/t35-/m0/s1. The highest BCUT2D eigenvalue weighted by Crippen LogP contribution is 2.44. The maximum atomic E-state index is 14.8. The summed E-state index contributed by atoms with van der Waals surface area (Å²) in [6, 6.07) is 32.8. The van der Waals surface area contributed by atoms with E-state index in [4.69, 9.17) is 9.15 Å². The number of carbonyl (C=O) groups excluding carboxylic acids is 1. The molecule has 1 aliphatic rings. The van der Waals surface area contributed by atoms with Crippen LogP contribution in [0.4, 0.5) is 13.2 Å². The van der Waals surface area contributed by atoms with Crippen LogP contribution in [-0.2, 0) is 17.4 Å². The van der Waals surface area contributed by atoms with Gasteiger partial charge in [-0.1, -0.05) is 78.9 Å². The third-order valence-corrected chi connectivity index (χ3v) is 8.52. The number of alkyl halides is 3. The Bertz CT molecular complexity index is 1940. The molecule has 6 aromatic rings. The fourth-order valence-electron chi connectivity index (χ4n) is 6.45. The van der Waals surface area contributed by atoms with Crippen LogP contribution in [0.3, 0.4) is 0 Å². The number of carbonyl (C=O) groups is 1. The molecule has 2 aromatic heterocycles. The SMILES string of the molecule is COc1ccc2[nH]c3c(c2c1)CCN(C(=O)C(c1ccccc1)c1ccccc1)[C@H]3c1ccc(-c2ccccc2C(F)(F)F)o1. The summed E-state index contributed by atoms with van der Waals surface area (Å²) in [6.45, 7) is 0.381. The van der Waals surface area contributed by atoms with E-state index in [2.05, 4.69) is 4.98 Å². The van der Waals surface area contributed by atoms with Crippen molar-refractivity contribution in [2.24, 2.45) is 0 Å². The van der Waals surface area contributed by atoms with E-state index in [1.54, 1.807) is 30.2 Å². The Hall–Kier alpha value is -5.24. The number of hydrogen-bond donors (Lipinski definition) is 1. The number of H-pyrrole nitrogens is 1. The smallest absolute Gasteiger partial charge is 0.417 e. The van der Waals surface area contributed by atoms with Gasteiger partial charge in [-0.15, -0.1) is 0 Å². The Morgan fingerprint density at radius 2 is 1.56 bits per heavy atom. The van der Waals surface area contributed by atoms with Gasteiger partial charge in [0.1, 0.15) is 23.3 Å². The second kappa shape index (κ2) is 11.4. The van der Waals surface area contributed by atoms with E-state index in [1.165, 1.54) is 12.1 Å². The Morgan fingerprint density at radius 1 is 0.889 bits per heavy atom. The number of aromatic amines is 1. The molecule has 0 saturated carbocycles. The molecule has 7 rings (SSSR count). The van der Waals surface area contributed by atoms with Crippen molar-refractivity contribution in [3.8, 4) is 17.1 Å². The van der Waals surface area contributed by atoms with Gasteiger partial charge in [0.25, 0.3) is 0 Å². The molecule has 0 saturated heterocycles. The zero-order valence-corrected chi connectivity index (χ0v) is 24.3. The summed E-state index contributed by atoms with van der Waals surface area (Å²) >= 11 is 0. The molecule has 1 N–H and O–H groups in total. The number of fused-ring (bicyclic) bond motifs is 3. The van der Waals surface area contributed by atoms with Crippen LogP contribution in [0.2, 0.25) is 0 Å². The predicted molar refractivity (Wildman–Crippen MR) is 166 cm³/mol. The normalized spacial score (nSPS) is 15.0. The van der Waals surface area contributed by atoms with Crippen LogP contribution >= 0.6 is 0 Å². The maximum Gasteiger partial charge on any atom is 0.417 e. The van der Waals surface area contributed by atoms with Crippen LogP contribution in [0.15, 0.2) is 120 Å². The number of benzene rings is 4. The zero-order chi connectivity index (χ0) is 31.1. The lowest BCUT2D eigenvalue weighted by atomic mass is 9.87. The number of ether oxygens (including phenoxy) is 1. The summed E-state index contributed by atoms with van der Waals surface area (Å²) in [4.78, 5) is 20.1. The van der Waals surface area contributed by atoms with Gasteiger partial charge in [0.2, 0.25) is 5.91 Å². The lowest BCUT2D eigenvalue weighted by Crippen LogP contribution is -2.43. The molecule has 5 nitrogen and oxygen atoms in total. The first-order chi connectivity index (χ1) is 21.8. The summed E-state index contributed by atoms with van der Waals surface area (Å²) in [5.41, 5.74) is 3.51. The van der Waals surface area contributed by atoms with Gasteiger partial charge < -0.3 is 19.0 Å². The minimum Gasteiger partial charge on any atom is -0.497 e. The number of rotatable bonds is 6. The van der Waals surface area contributed by atoms with Gasteiger partial charge in [0.05, 0.1) is 24.3 Å². The van der Waals surface area contributed by atoms with E-state index in [9.17, 15) is 18.0 Å². The maximum absolute atomic E-state index is 14.8. The Balaban J connectivity index is 1.39. The van der Waals surface area contributed by atoms with Crippen molar-refractivity contribution in [3.63, 3.8) is 0 Å². The number of aromatic nitrogens is 1. The topological polar surface area (TPSA) is 58.5 Å². The largest absolute Gasteiger partial charge is 0.497 e. The number of halogens is 3. The van der Waals surface area contributed by atoms with E-state index < -0.39 is 23.7 Å². The summed E-state index contributed by atoms with van der Waals surface area (Å²) in [6.07, 6.45) is -3.98. The molecule has 226 valence electrons. The summed E-state index contributed by atoms with van der Waals surface area (Å²) < 4.78 is 53.6. The van der Waals surface area contributed by atoms with Crippen molar-refractivity contribution >= 4 is 16.8 Å². The number of furan rings is 1. The molecule has 0 unspecified atom stereocenters. The number of amides is 1. The molecule has 0 radical (unpaired) electrons. The number of hydrogen-bond acceptors (Lipinski definition) is 3. The van der Waals surface area contributed by atoms with Crippen molar-refractivity contribution in [3.05, 3.63) is 149 Å². The lowest BCUT2D eigenvalue weighted by molar-refractivity contribution is -0.137. The summed E-state index contributed by atoms with van der Waals surface area (Å²) in [5.74, 6) is 0.429. The fourth-order valence-corrected chi connectivity index (χ4v) is 6.45. The first-order valence-corrected chi connectivity index (χ1v) is 14.7. The van der Waals surface area contributed by atoms with Crippen LogP contribution in [0.25, 0.3) is 22.2 Å². The van der Waals surface area contributed by atoms with E-state index in [0.717, 1.165) is 39.4 Å². The van der Waals surface area contributed by atoms with Gasteiger partial charge in [-0.25, -0.2) is 0 Å². The molecular formula is C37H29F3N2O3. The molecule has 1 aliphatic heterocycles. The van der Waals surface area contributed by atoms with Crippen LogP contribution in [0.1, 0.15) is 45.7 Å². The van der Waals surface area contributed by atoms with Crippen molar-refractivity contribution in [2.45, 2.75) is 24.6 Å². The van der Waals surface area contributed by atoms with E-state index >= 15 is 0 Å². The Labute approximate surface area is 257 Å². The highest BCUT2D eigenvalue weighted by Gasteiger charge is 2.40. The van der Waals surface area contributed by atoms with Crippen molar-refractivity contribution in [1.82, 2.24) is 9.88 Å². The van der Waals surface area contributed by atoms with Crippen LogP contribution in [0.5, 0.6) is 5.75 Å². The third kappa shape index (κ3) is 5.16. The van der Waals surface area contributed by atoms with Crippen LogP contribution in [-0.4, -0.2) is 29.4 Å². The third-order valence-electron chi connectivity index (χ3n) is 8.52. The molecule has 3 heterocycles. The van der Waals surface area contributed by atoms with Crippen LogP contribution in [0, 0.1) is 0 Å². The molecule has 0 fully saturated rings. The molecule has 0 aliphatic carbocycles. The number of nitrogens with one attached hydrogen (secondary N) is 1. The number of methoxy groups -OCH3 is 1. The molecule has 1 amide bonds. The second-order valence-corrected chi connectivity index (χ2v) is 11.1. The Kier molecular flexibility index (Phi) is 7.20. The van der Waals surface area contributed by atoms with Gasteiger partial charge in [-0.3, -0.25) is 4.79 Å². The van der Waals surface area contributed by atoms with E-state index in [0.29, 0.717) is 24.5 Å². The highest BCUT2D eigenvalue weighted by atomic mass is 19.4. The molecule has 8 heteroatoms. The number of nitrogens with zero attached hydrogens (tertiary/aromatic N) is 1. The first-order valence-electron chi connectivity index (χ1n) is 14.7. The lowest BCUT2D eigenvalue weighted by Gasteiger charge is -2.37. The average molecular weight is 607 g/mol. The fraction of sp³-hybridized carbons (Fsp3) is 0.162. The second-order valence-electron chi connectivity index (χ2n) is 11.1. The molecule has 45 heavy (non-hydrogen) atoms. The zero-order valence-electron chi connectivity index (χ0n) is 24.3. The van der Waals surface area contributed by atoms with Crippen molar-refractivity contribution < 1.29 is 27.1 Å². The molecule has 4 aromatic carbocycles. The average Bonchev–Trinajstić information content (AvgIpc) is 3.70. The quantitative estimate of drug-likeness (QED) is 0.206. The van der Waals surface area contributed by atoms with Crippen molar-refractivity contribution in [1.29, 1.82) is 0 Å². The summed E-state index contributed by atoms with van der Waals surface area (Å²) in [7, 11) is 1.61. The molecular weight excluding hydrogens is 577 g/mol. The monoisotopic (exact) mass is 606 g/mol. The van der Waals surface area contributed by atoms with E-state index in [-0.39, 0.29) is 17.2 Å². The van der Waals surface area contributed by atoms with Gasteiger partial charge in [-0.2, -0.15) is 13.2 Å². The highest BCUT2D eigenvalue weighted by molar-refractivity contribution is 5.90. The van der Waals surface area contributed by atoms with Gasteiger partial charge in [0, 0.05) is 23.0 Å². The van der Waals surface area contributed by atoms with Crippen LogP contribution < -0.4 is 4.74 Å². The Morgan fingerprint density at radius 3 is 2.22 bits per heavy atom. The molecule has 1 atom stereocenters. The van der Waals surface area contributed by atoms with Gasteiger partial charge >= 0.3 is 6.18 Å². The van der Waals surface area contributed by atoms with Gasteiger partial charge in [-0.05, 0) is 59.5 Å². The van der Waals surface area contributed by atoms with E-state index in [1.807, 2.05) is 78.9 Å². The predicted octanol–water partition coefficient (Wildman–Crippen LogP) is 8.76. The minimum absolute atomic E-state index is 0.0574. The van der Waals surface area contributed by atoms with Gasteiger partial charge in [0.15, 0.2) is 0 Å². The molecule has 0 bridgehead atoms. The minimum atomic E-state index is -4.56. The molecule has 0 spiro atoms. The van der Waals surface area contributed by atoms with Crippen molar-refractivity contribution in [2.75, 3.05) is 13.7 Å². The summed E-state index contributed by atoms with van der Waals surface area (Å²) in [5, 5.41) is 0.971.